The fraction of sp³-hybridized carbons (Fsp3) is 0.294. The van der Waals surface area contributed by atoms with E-state index in [2.05, 4.69) is 20.3 Å². The molecule has 1 aliphatic rings. The lowest BCUT2D eigenvalue weighted by atomic mass is 10.1. The first-order chi connectivity index (χ1) is 11.1. The third-order valence-electron chi connectivity index (χ3n) is 4.06. The molecule has 0 radical (unpaired) electrons. The van der Waals surface area contributed by atoms with E-state index in [1.54, 1.807) is 18.5 Å². The van der Waals surface area contributed by atoms with Gasteiger partial charge in [0.25, 0.3) is 5.91 Å². The number of carbonyl (C=O) groups is 1. The van der Waals surface area contributed by atoms with Gasteiger partial charge in [0, 0.05) is 17.5 Å². The number of hydrogen-bond acceptors (Lipinski definition) is 5. The Morgan fingerprint density at radius 1 is 1.30 bits per heavy atom. The van der Waals surface area contributed by atoms with E-state index < -0.39 is 0 Å². The third kappa shape index (κ3) is 2.59. The van der Waals surface area contributed by atoms with Crippen molar-refractivity contribution in [3.63, 3.8) is 0 Å². The highest BCUT2D eigenvalue weighted by Crippen LogP contribution is 2.40. The second kappa shape index (κ2) is 5.38. The Morgan fingerprint density at radius 2 is 2.13 bits per heavy atom. The highest BCUT2D eigenvalue weighted by atomic mass is 32.1. The van der Waals surface area contributed by atoms with Gasteiger partial charge in [0.05, 0.1) is 22.5 Å². The summed E-state index contributed by atoms with van der Waals surface area (Å²) in [4.78, 5) is 27.5. The molecule has 0 saturated heterocycles. The number of pyridine rings is 1. The third-order valence-corrected chi connectivity index (χ3v) is 5.24. The summed E-state index contributed by atoms with van der Waals surface area (Å²) in [6, 6.07) is 3.62. The van der Waals surface area contributed by atoms with Gasteiger partial charge in [-0.15, -0.1) is 11.3 Å². The van der Waals surface area contributed by atoms with E-state index in [4.69, 9.17) is 0 Å². The number of aromatic nitrogens is 3. The molecule has 1 aliphatic carbocycles. The summed E-state index contributed by atoms with van der Waals surface area (Å²) < 4.78 is 0. The van der Waals surface area contributed by atoms with Gasteiger partial charge in [-0.25, -0.2) is 9.97 Å². The topological polar surface area (TPSA) is 67.8 Å². The lowest BCUT2D eigenvalue weighted by molar-refractivity contribution is 0.103. The number of hydrogen-bond donors (Lipinski definition) is 1. The van der Waals surface area contributed by atoms with Crippen LogP contribution in [0.15, 0.2) is 24.5 Å². The fourth-order valence-electron chi connectivity index (χ4n) is 2.73. The summed E-state index contributed by atoms with van der Waals surface area (Å²) in [7, 11) is 0. The van der Waals surface area contributed by atoms with Crippen molar-refractivity contribution >= 4 is 33.1 Å². The molecule has 0 spiro atoms. The summed E-state index contributed by atoms with van der Waals surface area (Å²) in [6.45, 7) is 3.96. The molecular weight excluding hydrogens is 308 g/mol. The number of nitrogens with one attached hydrogen (secondary N) is 1. The molecule has 1 saturated carbocycles. The maximum absolute atomic E-state index is 12.6. The molecule has 1 fully saturated rings. The zero-order valence-electron chi connectivity index (χ0n) is 13.0. The average Bonchev–Trinajstić information content (AvgIpc) is 3.32. The molecule has 0 unspecified atom stereocenters. The van der Waals surface area contributed by atoms with Crippen LogP contribution in [0.1, 0.15) is 45.5 Å². The Balaban J connectivity index is 1.73. The SMILES string of the molecule is Cc1nc(C2CC2)nc2sc(C(=O)Nc3cccnc3)c(C)c12. The zero-order chi connectivity index (χ0) is 16.0. The predicted molar refractivity (Wildman–Crippen MR) is 91.1 cm³/mol. The smallest absolute Gasteiger partial charge is 0.266 e. The second-order valence-corrected chi connectivity index (χ2v) is 6.87. The molecule has 0 aliphatic heterocycles. The van der Waals surface area contributed by atoms with Crippen LogP contribution in [0.3, 0.4) is 0 Å². The first-order valence-electron chi connectivity index (χ1n) is 7.62. The molecule has 1 N–H and O–H groups in total. The van der Waals surface area contributed by atoms with E-state index in [0.717, 1.165) is 27.3 Å². The van der Waals surface area contributed by atoms with Crippen molar-refractivity contribution in [1.29, 1.82) is 0 Å². The van der Waals surface area contributed by atoms with Crippen LogP contribution in [0.4, 0.5) is 5.69 Å². The van der Waals surface area contributed by atoms with Crippen LogP contribution in [-0.4, -0.2) is 20.9 Å². The zero-order valence-corrected chi connectivity index (χ0v) is 13.8. The van der Waals surface area contributed by atoms with Crippen molar-refractivity contribution in [3.05, 3.63) is 46.5 Å². The number of fused-ring (bicyclic) bond motifs is 1. The van der Waals surface area contributed by atoms with Gasteiger partial charge < -0.3 is 5.32 Å². The van der Waals surface area contributed by atoms with Crippen LogP contribution >= 0.6 is 11.3 Å². The number of rotatable bonds is 3. The predicted octanol–water partition coefficient (Wildman–Crippen LogP) is 3.83. The Morgan fingerprint density at radius 3 is 2.83 bits per heavy atom. The standard InChI is InChI=1S/C17H16N4OS/c1-9-13-10(2)19-15(11-5-6-11)21-17(13)23-14(9)16(22)20-12-4-3-7-18-8-12/h3-4,7-8,11H,5-6H2,1-2H3,(H,20,22). The molecule has 6 heteroatoms. The Bertz CT molecular complexity index is 900. The maximum Gasteiger partial charge on any atom is 0.266 e. The molecule has 1 amide bonds. The van der Waals surface area contributed by atoms with E-state index in [1.165, 1.54) is 24.2 Å². The van der Waals surface area contributed by atoms with Crippen molar-refractivity contribution in [2.45, 2.75) is 32.6 Å². The van der Waals surface area contributed by atoms with Gasteiger partial charge in [-0.1, -0.05) is 0 Å². The van der Waals surface area contributed by atoms with E-state index in [1.807, 2.05) is 19.9 Å². The molecule has 116 valence electrons. The van der Waals surface area contributed by atoms with Crippen molar-refractivity contribution in [2.75, 3.05) is 5.32 Å². The normalized spacial score (nSPS) is 14.2. The molecular formula is C17H16N4OS. The summed E-state index contributed by atoms with van der Waals surface area (Å²) in [5, 5.41) is 3.90. The highest BCUT2D eigenvalue weighted by Gasteiger charge is 2.28. The molecule has 0 bridgehead atoms. The van der Waals surface area contributed by atoms with E-state index in [-0.39, 0.29) is 5.91 Å². The molecule has 4 rings (SSSR count). The van der Waals surface area contributed by atoms with Gasteiger partial charge in [0.15, 0.2) is 0 Å². The van der Waals surface area contributed by atoms with Crippen molar-refractivity contribution in [3.8, 4) is 0 Å². The summed E-state index contributed by atoms with van der Waals surface area (Å²) in [5.41, 5.74) is 2.60. The number of amides is 1. The van der Waals surface area contributed by atoms with Crippen LogP contribution < -0.4 is 5.32 Å². The van der Waals surface area contributed by atoms with Crippen molar-refractivity contribution in [2.24, 2.45) is 0 Å². The van der Waals surface area contributed by atoms with E-state index >= 15 is 0 Å². The lowest BCUT2D eigenvalue weighted by Gasteiger charge is -2.03. The number of carbonyl (C=O) groups excluding carboxylic acids is 1. The molecule has 3 heterocycles. The van der Waals surface area contributed by atoms with Gasteiger partial charge in [-0.3, -0.25) is 9.78 Å². The summed E-state index contributed by atoms with van der Waals surface area (Å²) in [5.74, 6) is 1.31. The molecule has 3 aromatic rings. The van der Waals surface area contributed by atoms with Crippen molar-refractivity contribution in [1.82, 2.24) is 15.0 Å². The van der Waals surface area contributed by atoms with E-state index in [9.17, 15) is 4.79 Å². The van der Waals surface area contributed by atoms with Crippen LogP contribution in [0.5, 0.6) is 0 Å². The van der Waals surface area contributed by atoms with Gasteiger partial charge in [0.1, 0.15) is 10.7 Å². The Hall–Kier alpha value is -2.34. The number of aryl methyl sites for hydroxylation is 2. The maximum atomic E-state index is 12.6. The van der Waals surface area contributed by atoms with Crippen LogP contribution in [0, 0.1) is 13.8 Å². The van der Waals surface area contributed by atoms with Gasteiger partial charge in [-0.2, -0.15) is 0 Å². The largest absolute Gasteiger partial charge is 0.320 e. The highest BCUT2D eigenvalue weighted by molar-refractivity contribution is 7.20. The monoisotopic (exact) mass is 324 g/mol. The second-order valence-electron chi connectivity index (χ2n) is 5.87. The Kier molecular flexibility index (Phi) is 3.34. The molecule has 3 aromatic heterocycles. The quantitative estimate of drug-likeness (QED) is 0.795. The fourth-order valence-corrected chi connectivity index (χ4v) is 3.86. The average molecular weight is 324 g/mol. The van der Waals surface area contributed by atoms with E-state index in [0.29, 0.717) is 16.5 Å². The minimum Gasteiger partial charge on any atom is -0.320 e. The van der Waals surface area contributed by atoms with Gasteiger partial charge in [-0.05, 0) is 44.4 Å². The summed E-state index contributed by atoms with van der Waals surface area (Å²) >= 11 is 1.44. The molecule has 23 heavy (non-hydrogen) atoms. The first kappa shape index (κ1) is 14.3. The number of anilines is 1. The number of nitrogens with zero attached hydrogens (tertiary/aromatic N) is 3. The van der Waals surface area contributed by atoms with Gasteiger partial charge in [0.2, 0.25) is 0 Å². The Labute approximate surface area is 137 Å². The molecule has 5 nitrogen and oxygen atoms in total. The van der Waals surface area contributed by atoms with Gasteiger partial charge >= 0.3 is 0 Å². The minimum absolute atomic E-state index is 0.120. The minimum atomic E-state index is -0.120. The van der Waals surface area contributed by atoms with Crippen LogP contribution in [0.2, 0.25) is 0 Å². The lowest BCUT2D eigenvalue weighted by Crippen LogP contribution is -2.11. The first-order valence-corrected chi connectivity index (χ1v) is 8.44. The van der Waals surface area contributed by atoms with Crippen LogP contribution in [-0.2, 0) is 0 Å². The molecule has 0 aromatic carbocycles. The summed E-state index contributed by atoms with van der Waals surface area (Å²) in [6.07, 6.45) is 5.66. The number of thiophene rings is 1. The van der Waals surface area contributed by atoms with Crippen LogP contribution in [0.25, 0.3) is 10.2 Å². The molecule has 0 atom stereocenters. The van der Waals surface area contributed by atoms with Crippen molar-refractivity contribution < 1.29 is 4.79 Å².